The van der Waals surface area contributed by atoms with Crippen LogP contribution in [0.25, 0.3) is 0 Å². The lowest BCUT2D eigenvalue weighted by molar-refractivity contribution is 0.0589. The number of nitrogens with zero attached hydrogens (tertiary/aromatic N) is 2. The number of rotatable bonds is 3. The van der Waals surface area contributed by atoms with Crippen LogP contribution < -0.4 is 11.1 Å². The van der Waals surface area contributed by atoms with E-state index < -0.39 is 0 Å². The fraction of sp³-hybridized carbons (Fsp3) is 0.714. The molecule has 3 N–H and O–H groups in total. The zero-order valence-corrected chi connectivity index (χ0v) is 12.9. The highest BCUT2D eigenvalue weighted by atomic mass is 32.1. The van der Waals surface area contributed by atoms with Crippen molar-refractivity contribution in [2.45, 2.75) is 45.6 Å². The normalized spacial score (nSPS) is 21.8. The summed E-state index contributed by atoms with van der Waals surface area (Å²) >= 11 is 1.39. The van der Waals surface area contributed by atoms with Gasteiger partial charge in [-0.05, 0) is 31.1 Å². The predicted molar refractivity (Wildman–Crippen MR) is 82.1 cm³/mol. The van der Waals surface area contributed by atoms with Crippen LogP contribution in [0.2, 0.25) is 0 Å². The Bertz CT molecular complexity index is 521. The summed E-state index contributed by atoms with van der Waals surface area (Å²) in [7, 11) is 0. The molecular formula is C14H22N4OS. The largest absolute Gasteiger partial charge is 0.382 e. The van der Waals surface area contributed by atoms with Crippen LogP contribution in [0, 0.1) is 5.41 Å². The van der Waals surface area contributed by atoms with Crippen LogP contribution in [-0.4, -0.2) is 34.9 Å². The molecule has 0 radical (unpaired) electrons. The third-order valence-electron chi connectivity index (χ3n) is 3.94. The first-order valence-corrected chi connectivity index (χ1v) is 8.08. The Morgan fingerprint density at radius 3 is 2.90 bits per heavy atom. The quantitative estimate of drug-likeness (QED) is 0.898. The fourth-order valence-electron chi connectivity index (χ4n) is 2.69. The van der Waals surface area contributed by atoms with Crippen molar-refractivity contribution in [2.24, 2.45) is 5.41 Å². The van der Waals surface area contributed by atoms with Crippen LogP contribution in [0.1, 0.15) is 49.2 Å². The molecule has 1 saturated carbocycles. The molecule has 0 unspecified atom stereocenters. The number of carbonyl (C=O) groups is 1. The van der Waals surface area contributed by atoms with Gasteiger partial charge >= 0.3 is 0 Å². The number of nitrogens with one attached hydrogen (secondary N) is 1. The second-order valence-corrected chi connectivity index (χ2v) is 7.65. The van der Waals surface area contributed by atoms with Crippen molar-refractivity contribution in [1.82, 2.24) is 9.88 Å². The van der Waals surface area contributed by atoms with Crippen molar-refractivity contribution in [1.29, 1.82) is 0 Å². The summed E-state index contributed by atoms with van der Waals surface area (Å²) in [5.74, 6) is 0.406. The van der Waals surface area contributed by atoms with Gasteiger partial charge in [0.2, 0.25) is 0 Å². The molecule has 1 aliphatic carbocycles. The Kier molecular flexibility index (Phi) is 3.36. The molecule has 1 aromatic heterocycles. The number of nitrogens with two attached hydrogens (primary N) is 1. The average Bonchev–Trinajstić information content (AvgIpc) is 3.10. The van der Waals surface area contributed by atoms with Gasteiger partial charge in [-0.1, -0.05) is 25.2 Å². The van der Waals surface area contributed by atoms with Gasteiger partial charge in [-0.2, -0.15) is 0 Å². The summed E-state index contributed by atoms with van der Waals surface area (Å²) in [6.45, 7) is 6.05. The topological polar surface area (TPSA) is 71.2 Å². The van der Waals surface area contributed by atoms with E-state index in [1.807, 2.05) is 4.90 Å². The summed E-state index contributed by atoms with van der Waals surface area (Å²) in [6.07, 6.45) is 4.60. The van der Waals surface area contributed by atoms with Crippen LogP contribution in [0.15, 0.2) is 0 Å². The maximum absolute atomic E-state index is 12.6. The number of anilines is 2. The highest BCUT2D eigenvalue weighted by Crippen LogP contribution is 2.34. The van der Waals surface area contributed by atoms with E-state index in [-0.39, 0.29) is 11.3 Å². The van der Waals surface area contributed by atoms with Crippen molar-refractivity contribution in [3.8, 4) is 0 Å². The summed E-state index contributed by atoms with van der Waals surface area (Å²) in [5.41, 5.74) is 6.12. The third-order valence-corrected chi connectivity index (χ3v) is 4.93. The fourth-order valence-corrected chi connectivity index (χ4v) is 3.62. The number of thiazole rings is 1. The Morgan fingerprint density at radius 2 is 2.25 bits per heavy atom. The molecule has 2 heterocycles. The molecular weight excluding hydrogens is 272 g/mol. The van der Waals surface area contributed by atoms with Crippen LogP contribution in [0.3, 0.4) is 0 Å². The average molecular weight is 294 g/mol. The van der Waals surface area contributed by atoms with Crippen molar-refractivity contribution in [2.75, 3.05) is 24.1 Å². The van der Waals surface area contributed by atoms with Crippen LogP contribution in [0.4, 0.5) is 10.9 Å². The summed E-state index contributed by atoms with van der Waals surface area (Å²) in [5, 5.41) is 4.09. The Hall–Kier alpha value is -1.30. The maximum atomic E-state index is 12.6. The van der Waals surface area contributed by atoms with Crippen molar-refractivity contribution < 1.29 is 4.79 Å². The van der Waals surface area contributed by atoms with Crippen LogP contribution in [-0.2, 0) is 0 Å². The van der Waals surface area contributed by atoms with Gasteiger partial charge in [-0.25, -0.2) is 4.98 Å². The summed E-state index contributed by atoms with van der Waals surface area (Å²) in [6, 6.07) is 0.525. The molecule has 0 atom stereocenters. The van der Waals surface area contributed by atoms with Crippen molar-refractivity contribution in [3.63, 3.8) is 0 Å². The molecule has 20 heavy (non-hydrogen) atoms. The lowest BCUT2D eigenvalue weighted by atomic mass is 9.84. The highest BCUT2D eigenvalue weighted by molar-refractivity contribution is 7.18. The van der Waals surface area contributed by atoms with E-state index in [1.54, 1.807) is 0 Å². The minimum Gasteiger partial charge on any atom is -0.382 e. The molecule has 0 aromatic carbocycles. The zero-order chi connectivity index (χ0) is 14.3. The van der Waals surface area contributed by atoms with E-state index in [1.165, 1.54) is 30.6 Å². The molecule has 0 spiro atoms. The first-order valence-electron chi connectivity index (χ1n) is 7.27. The number of hydrogen-bond acceptors (Lipinski definition) is 5. The van der Waals surface area contributed by atoms with Crippen LogP contribution in [0.5, 0.6) is 0 Å². The van der Waals surface area contributed by atoms with E-state index in [4.69, 9.17) is 5.73 Å². The number of nitrogen functional groups attached to an aromatic ring is 1. The number of amides is 1. The van der Waals surface area contributed by atoms with Crippen molar-refractivity contribution >= 4 is 28.2 Å². The highest BCUT2D eigenvalue weighted by Gasteiger charge is 2.32. The molecule has 0 bridgehead atoms. The van der Waals surface area contributed by atoms with E-state index in [2.05, 4.69) is 24.1 Å². The molecule has 3 rings (SSSR count). The van der Waals surface area contributed by atoms with Gasteiger partial charge in [-0.15, -0.1) is 0 Å². The summed E-state index contributed by atoms with van der Waals surface area (Å²) in [4.78, 5) is 19.4. The first kappa shape index (κ1) is 13.7. The SMILES string of the molecule is CC1(C)CCCN(C(=O)c2sc(NC3CC3)nc2N)C1. The number of likely N-dealkylation sites (tertiary alicyclic amines) is 1. The summed E-state index contributed by atoms with van der Waals surface area (Å²) < 4.78 is 0. The molecule has 6 heteroatoms. The van der Waals surface area contributed by atoms with E-state index in [0.717, 1.165) is 24.6 Å². The molecule has 2 aliphatic rings. The minimum absolute atomic E-state index is 0.0385. The molecule has 2 fully saturated rings. The first-order chi connectivity index (χ1) is 9.44. The van der Waals surface area contributed by atoms with E-state index in [9.17, 15) is 4.79 Å². The molecule has 1 saturated heterocycles. The molecule has 110 valence electrons. The lowest BCUT2D eigenvalue weighted by Gasteiger charge is -2.37. The molecule has 1 aromatic rings. The van der Waals surface area contributed by atoms with E-state index in [0.29, 0.717) is 16.7 Å². The van der Waals surface area contributed by atoms with Gasteiger partial charge in [0.15, 0.2) is 5.13 Å². The van der Waals surface area contributed by atoms with Gasteiger partial charge in [-0.3, -0.25) is 4.79 Å². The van der Waals surface area contributed by atoms with Gasteiger partial charge < -0.3 is 16.0 Å². The van der Waals surface area contributed by atoms with Gasteiger partial charge in [0.05, 0.1) is 0 Å². The Morgan fingerprint density at radius 1 is 1.50 bits per heavy atom. The number of piperidine rings is 1. The molecule has 1 amide bonds. The second-order valence-electron chi connectivity index (χ2n) is 6.65. The monoisotopic (exact) mass is 294 g/mol. The second kappa shape index (κ2) is 4.91. The smallest absolute Gasteiger partial charge is 0.267 e. The zero-order valence-electron chi connectivity index (χ0n) is 12.1. The Labute approximate surface area is 123 Å². The van der Waals surface area contributed by atoms with Gasteiger partial charge in [0.1, 0.15) is 10.7 Å². The van der Waals surface area contributed by atoms with Crippen LogP contribution >= 0.6 is 11.3 Å². The number of hydrogen-bond donors (Lipinski definition) is 2. The van der Waals surface area contributed by atoms with Gasteiger partial charge in [0.25, 0.3) is 5.91 Å². The maximum Gasteiger partial charge on any atom is 0.267 e. The number of aromatic nitrogens is 1. The molecule has 1 aliphatic heterocycles. The number of carbonyl (C=O) groups excluding carboxylic acids is 1. The third kappa shape index (κ3) is 2.90. The molecule has 5 nitrogen and oxygen atoms in total. The predicted octanol–water partition coefficient (Wildman–Crippen LogP) is 2.56. The lowest BCUT2D eigenvalue weighted by Crippen LogP contribution is -2.43. The minimum atomic E-state index is 0.0385. The van der Waals surface area contributed by atoms with Gasteiger partial charge in [0, 0.05) is 19.1 Å². The Balaban J connectivity index is 1.74. The standard InChI is InChI=1S/C14H22N4OS/c1-14(2)6-3-7-18(8-14)12(19)10-11(15)17-13(20-10)16-9-4-5-9/h9H,3-8,15H2,1-2H3,(H,16,17). The van der Waals surface area contributed by atoms with Crippen molar-refractivity contribution in [3.05, 3.63) is 4.88 Å². The van der Waals surface area contributed by atoms with E-state index >= 15 is 0 Å².